The second-order valence-corrected chi connectivity index (χ2v) is 7.27. The summed E-state index contributed by atoms with van der Waals surface area (Å²) in [7, 11) is 1.62. The van der Waals surface area contributed by atoms with Gasteiger partial charge in [0.05, 0.1) is 13.7 Å². The van der Waals surface area contributed by atoms with Gasteiger partial charge in [-0.1, -0.05) is 51.9 Å². The lowest BCUT2D eigenvalue weighted by Crippen LogP contribution is -2.00. The summed E-state index contributed by atoms with van der Waals surface area (Å²) in [6.07, 6.45) is 10.3. The van der Waals surface area contributed by atoms with Gasteiger partial charge in [-0.3, -0.25) is 4.79 Å². The van der Waals surface area contributed by atoms with Crippen LogP contribution in [0.1, 0.15) is 74.2 Å². The number of rotatable bonds is 11. The van der Waals surface area contributed by atoms with Crippen molar-refractivity contribution in [3.63, 3.8) is 0 Å². The zero-order chi connectivity index (χ0) is 19.1. The van der Waals surface area contributed by atoms with E-state index in [4.69, 9.17) is 9.47 Å². The highest BCUT2D eigenvalue weighted by Gasteiger charge is 2.27. The Hall–Kier alpha value is -2.29. The van der Waals surface area contributed by atoms with Crippen LogP contribution >= 0.6 is 0 Å². The molecule has 2 aromatic carbocycles. The van der Waals surface area contributed by atoms with E-state index >= 15 is 0 Å². The molecule has 0 saturated heterocycles. The van der Waals surface area contributed by atoms with Gasteiger partial charge >= 0.3 is 0 Å². The van der Waals surface area contributed by atoms with Crippen molar-refractivity contribution in [3.05, 3.63) is 47.5 Å². The molecule has 3 rings (SSSR count). The Morgan fingerprint density at radius 3 is 1.89 bits per heavy atom. The van der Waals surface area contributed by atoms with Crippen LogP contribution in [0.5, 0.6) is 11.5 Å². The molecule has 2 aromatic rings. The Morgan fingerprint density at radius 1 is 0.704 bits per heavy atom. The molecule has 0 atom stereocenters. The summed E-state index contributed by atoms with van der Waals surface area (Å²) in [6, 6.07) is 11.5. The number of unbranched alkanes of at least 4 members (excludes halogenated alkanes) is 7. The molecule has 1 aliphatic carbocycles. The summed E-state index contributed by atoms with van der Waals surface area (Å²) in [5.74, 6) is 1.54. The molecule has 1 aliphatic rings. The second kappa shape index (κ2) is 9.59. The van der Waals surface area contributed by atoms with E-state index in [2.05, 4.69) is 6.92 Å². The fourth-order valence-electron chi connectivity index (χ4n) is 3.68. The van der Waals surface area contributed by atoms with Gasteiger partial charge < -0.3 is 9.47 Å². The predicted molar refractivity (Wildman–Crippen MR) is 110 cm³/mol. The lowest BCUT2D eigenvalue weighted by atomic mass is 10.1. The molecule has 0 fully saturated rings. The largest absolute Gasteiger partial charge is 0.497 e. The molecule has 0 bridgehead atoms. The number of methoxy groups -OCH3 is 1. The number of fused-ring (bicyclic) bond motifs is 3. The minimum absolute atomic E-state index is 0.0522. The molecular formula is C24H30O3. The lowest BCUT2D eigenvalue weighted by Gasteiger charge is -2.08. The molecule has 0 heterocycles. The molecular weight excluding hydrogens is 336 g/mol. The predicted octanol–water partition coefficient (Wildman–Crippen LogP) is 6.43. The SMILES string of the molecule is CCCCCCCCCCOc1ccc2c(c1)C(=O)c1cc(OC)ccc1-2. The van der Waals surface area contributed by atoms with Gasteiger partial charge in [0.2, 0.25) is 0 Å². The van der Waals surface area contributed by atoms with Crippen LogP contribution in [-0.4, -0.2) is 19.5 Å². The van der Waals surface area contributed by atoms with Crippen LogP contribution in [0.15, 0.2) is 36.4 Å². The van der Waals surface area contributed by atoms with Crippen LogP contribution in [0.2, 0.25) is 0 Å². The van der Waals surface area contributed by atoms with Crippen molar-refractivity contribution in [2.75, 3.05) is 13.7 Å². The topological polar surface area (TPSA) is 35.5 Å². The Bertz CT molecular complexity index is 779. The Kier molecular flexibility index (Phi) is 6.92. The fraction of sp³-hybridized carbons (Fsp3) is 0.458. The number of ether oxygens (including phenoxy) is 2. The van der Waals surface area contributed by atoms with Gasteiger partial charge in [-0.2, -0.15) is 0 Å². The molecule has 3 nitrogen and oxygen atoms in total. The van der Waals surface area contributed by atoms with Crippen molar-refractivity contribution < 1.29 is 14.3 Å². The molecule has 0 unspecified atom stereocenters. The highest BCUT2D eigenvalue weighted by atomic mass is 16.5. The molecule has 0 aliphatic heterocycles. The number of benzene rings is 2. The van der Waals surface area contributed by atoms with Crippen molar-refractivity contribution in [2.45, 2.75) is 58.3 Å². The number of hydrogen-bond acceptors (Lipinski definition) is 3. The summed E-state index contributed by atoms with van der Waals surface area (Å²) < 4.78 is 11.1. The Balaban J connectivity index is 1.49. The zero-order valence-electron chi connectivity index (χ0n) is 16.6. The van der Waals surface area contributed by atoms with Crippen LogP contribution in [0.25, 0.3) is 11.1 Å². The van der Waals surface area contributed by atoms with E-state index in [1.54, 1.807) is 7.11 Å². The van der Waals surface area contributed by atoms with Crippen molar-refractivity contribution in [1.82, 2.24) is 0 Å². The van der Waals surface area contributed by atoms with Crippen LogP contribution < -0.4 is 9.47 Å². The van der Waals surface area contributed by atoms with Crippen LogP contribution in [0.4, 0.5) is 0 Å². The Labute approximate surface area is 162 Å². The first-order valence-electron chi connectivity index (χ1n) is 10.2. The molecule has 0 radical (unpaired) electrons. The van der Waals surface area contributed by atoms with E-state index in [9.17, 15) is 4.79 Å². The van der Waals surface area contributed by atoms with Gasteiger partial charge in [-0.15, -0.1) is 0 Å². The monoisotopic (exact) mass is 366 g/mol. The molecule has 144 valence electrons. The van der Waals surface area contributed by atoms with Gasteiger partial charge in [0.25, 0.3) is 0 Å². The van der Waals surface area contributed by atoms with Gasteiger partial charge in [-0.25, -0.2) is 0 Å². The third kappa shape index (κ3) is 4.71. The minimum Gasteiger partial charge on any atom is -0.497 e. The molecule has 0 spiro atoms. The number of ketones is 1. The van der Waals surface area contributed by atoms with E-state index in [1.165, 1.54) is 44.9 Å². The van der Waals surface area contributed by atoms with E-state index in [-0.39, 0.29) is 5.78 Å². The first kappa shape index (κ1) is 19.5. The van der Waals surface area contributed by atoms with Gasteiger partial charge in [0.15, 0.2) is 5.78 Å². The highest BCUT2D eigenvalue weighted by Crippen LogP contribution is 2.39. The third-order valence-corrected chi connectivity index (χ3v) is 5.26. The number of carbonyl (C=O) groups excluding carboxylic acids is 1. The number of hydrogen-bond donors (Lipinski definition) is 0. The van der Waals surface area contributed by atoms with Gasteiger partial charge in [0.1, 0.15) is 11.5 Å². The maximum absolute atomic E-state index is 12.7. The lowest BCUT2D eigenvalue weighted by molar-refractivity contribution is 0.104. The first-order valence-corrected chi connectivity index (χ1v) is 10.2. The fourth-order valence-corrected chi connectivity index (χ4v) is 3.68. The molecule has 0 N–H and O–H groups in total. The molecule has 0 saturated carbocycles. The van der Waals surface area contributed by atoms with E-state index in [1.807, 2.05) is 36.4 Å². The average Bonchev–Trinajstić information content (AvgIpc) is 2.98. The van der Waals surface area contributed by atoms with Crippen LogP contribution in [-0.2, 0) is 0 Å². The molecule has 0 amide bonds. The maximum atomic E-state index is 12.7. The van der Waals surface area contributed by atoms with Crippen molar-refractivity contribution in [1.29, 1.82) is 0 Å². The average molecular weight is 367 g/mol. The minimum atomic E-state index is 0.0522. The maximum Gasteiger partial charge on any atom is 0.194 e. The summed E-state index contributed by atoms with van der Waals surface area (Å²) in [6.45, 7) is 2.96. The summed E-state index contributed by atoms with van der Waals surface area (Å²) >= 11 is 0. The van der Waals surface area contributed by atoms with Crippen LogP contribution in [0.3, 0.4) is 0 Å². The van der Waals surface area contributed by atoms with E-state index < -0.39 is 0 Å². The quantitative estimate of drug-likeness (QED) is 0.367. The van der Waals surface area contributed by atoms with Crippen molar-refractivity contribution >= 4 is 5.78 Å². The standard InChI is InChI=1S/C24H30O3/c1-3-4-5-6-7-8-9-10-15-27-19-12-14-21-20-13-11-18(26-2)16-22(20)24(25)23(21)17-19/h11-14,16-17H,3-10,15H2,1-2H3. The van der Waals surface area contributed by atoms with E-state index in [0.717, 1.165) is 28.9 Å². The van der Waals surface area contributed by atoms with Crippen molar-refractivity contribution in [3.8, 4) is 22.6 Å². The zero-order valence-corrected chi connectivity index (χ0v) is 16.6. The summed E-state index contributed by atoms with van der Waals surface area (Å²) in [5, 5.41) is 0. The molecule has 3 heteroatoms. The summed E-state index contributed by atoms with van der Waals surface area (Å²) in [4.78, 5) is 12.7. The van der Waals surface area contributed by atoms with Gasteiger partial charge in [-0.05, 0) is 53.9 Å². The van der Waals surface area contributed by atoms with Crippen LogP contribution in [0, 0.1) is 0 Å². The number of carbonyl (C=O) groups is 1. The smallest absolute Gasteiger partial charge is 0.194 e. The van der Waals surface area contributed by atoms with Gasteiger partial charge in [0, 0.05) is 11.1 Å². The normalized spacial score (nSPS) is 12.0. The molecule has 27 heavy (non-hydrogen) atoms. The highest BCUT2D eigenvalue weighted by molar-refractivity contribution is 6.22. The van der Waals surface area contributed by atoms with E-state index in [0.29, 0.717) is 17.9 Å². The summed E-state index contributed by atoms with van der Waals surface area (Å²) in [5.41, 5.74) is 3.40. The van der Waals surface area contributed by atoms with Crippen molar-refractivity contribution in [2.24, 2.45) is 0 Å². The first-order chi connectivity index (χ1) is 13.2. The second-order valence-electron chi connectivity index (χ2n) is 7.27. The third-order valence-electron chi connectivity index (χ3n) is 5.26. The Morgan fingerprint density at radius 2 is 1.26 bits per heavy atom. The molecule has 0 aromatic heterocycles.